The van der Waals surface area contributed by atoms with Crippen molar-refractivity contribution in [1.29, 1.82) is 0 Å². The Hall–Kier alpha value is -2.52. The number of hydrogen-bond donors (Lipinski definition) is 1. The number of carbonyl (C=O) groups is 1. The van der Waals surface area contributed by atoms with Crippen molar-refractivity contribution in [2.75, 3.05) is 19.5 Å². The van der Waals surface area contributed by atoms with E-state index in [4.69, 9.17) is 16.4 Å². The zero-order chi connectivity index (χ0) is 19.6. The van der Waals surface area contributed by atoms with Crippen LogP contribution in [0.5, 0.6) is 0 Å². The van der Waals surface area contributed by atoms with Gasteiger partial charge in [0.25, 0.3) is 15.9 Å². The number of amides is 1. The fourth-order valence-corrected chi connectivity index (χ4v) is 3.96. The smallest absolute Gasteiger partial charge is 0.266 e. The molecule has 0 aliphatic heterocycles. The Labute approximate surface area is 161 Å². The molecule has 0 aliphatic carbocycles. The van der Waals surface area contributed by atoms with Crippen LogP contribution in [-0.2, 0) is 14.9 Å². The van der Waals surface area contributed by atoms with Crippen LogP contribution < -0.4 is 5.32 Å². The standard InChI is InChI=1S/C18H16ClN3O4S/c1-22(26-2)27(24,25)17-11-12(8-9-14(17)19)18(23)21-16-7-3-6-15-13(16)5-4-10-20-15/h3-11H,1-2H3,(H,21,23). The minimum Gasteiger partial charge on any atom is -0.321 e. The first-order valence-electron chi connectivity index (χ1n) is 7.82. The Morgan fingerprint density at radius 3 is 2.70 bits per heavy atom. The fraction of sp³-hybridized carbons (Fsp3) is 0.111. The lowest BCUT2D eigenvalue weighted by Gasteiger charge is -2.16. The molecule has 1 amide bonds. The third-order valence-corrected chi connectivity index (χ3v) is 6.12. The second kappa shape index (κ2) is 7.61. The summed E-state index contributed by atoms with van der Waals surface area (Å²) >= 11 is 6.02. The van der Waals surface area contributed by atoms with Crippen LogP contribution in [0.15, 0.2) is 59.6 Å². The fourth-order valence-electron chi connectivity index (χ4n) is 2.49. The number of carbonyl (C=O) groups excluding carboxylic acids is 1. The lowest BCUT2D eigenvalue weighted by molar-refractivity contribution is -0.0258. The molecule has 0 saturated carbocycles. The summed E-state index contributed by atoms with van der Waals surface area (Å²) in [4.78, 5) is 21.4. The van der Waals surface area contributed by atoms with Crippen LogP contribution in [0.2, 0.25) is 5.02 Å². The van der Waals surface area contributed by atoms with Crippen molar-refractivity contribution in [3.8, 4) is 0 Å². The van der Waals surface area contributed by atoms with Gasteiger partial charge in [-0.15, -0.1) is 0 Å². The van der Waals surface area contributed by atoms with Crippen LogP contribution in [0, 0.1) is 0 Å². The monoisotopic (exact) mass is 405 g/mol. The molecule has 0 unspecified atom stereocenters. The van der Waals surface area contributed by atoms with E-state index in [1.54, 1.807) is 24.4 Å². The predicted molar refractivity (Wildman–Crippen MR) is 103 cm³/mol. The van der Waals surface area contributed by atoms with Gasteiger partial charge in [-0.25, -0.2) is 8.42 Å². The van der Waals surface area contributed by atoms with Crippen molar-refractivity contribution < 1.29 is 18.0 Å². The SMILES string of the molecule is CON(C)S(=O)(=O)c1cc(C(=O)Nc2cccc3ncccc23)ccc1Cl. The summed E-state index contributed by atoms with van der Waals surface area (Å²) in [7, 11) is -1.54. The van der Waals surface area contributed by atoms with Crippen molar-refractivity contribution in [2.45, 2.75) is 4.90 Å². The first kappa shape index (κ1) is 19.2. The lowest BCUT2D eigenvalue weighted by Crippen LogP contribution is -2.26. The number of hydroxylamine groups is 1. The van der Waals surface area contributed by atoms with Crippen LogP contribution in [-0.4, -0.2) is 37.9 Å². The van der Waals surface area contributed by atoms with Gasteiger partial charge in [0.15, 0.2) is 0 Å². The summed E-state index contributed by atoms with van der Waals surface area (Å²) in [6, 6.07) is 13.0. The predicted octanol–water partition coefficient (Wildman–Crippen LogP) is 3.32. The number of hydrogen-bond acceptors (Lipinski definition) is 5. The molecule has 0 aliphatic rings. The van der Waals surface area contributed by atoms with Crippen molar-refractivity contribution in [1.82, 2.24) is 9.45 Å². The molecule has 9 heteroatoms. The van der Waals surface area contributed by atoms with Gasteiger partial charge in [-0.1, -0.05) is 22.1 Å². The highest BCUT2D eigenvalue weighted by molar-refractivity contribution is 7.89. The van der Waals surface area contributed by atoms with Gasteiger partial charge in [0, 0.05) is 24.2 Å². The number of benzene rings is 2. The van der Waals surface area contributed by atoms with E-state index >= 15 is 0 Å². The number of aromatic nitrogens is 1. The molecule has 0 atom stereocenters. The zero-order valence-electron chi connectivity index (χ0n) is 14.5. The normalized spacial score (nSPS) is 11.7. The zero-order valence-corrected chi connectivity index (χ0v) is 16.1. The summed E-state index contributed by atoms with van der Waals surface area (Å²) in [6.45, 7) is 0. The van der Waals surface area contributed by atoms with E-state index in [1.807, 2.05) is 12.1 Å². The van der Waals surface area contributed by atoms with E-state index in [1.165, 1.54) is 32.4 Å². The Kier molecular flexibility index (Phi) is 5.43. The maximum absolute atomic E-state index is 12.7. The van der Waals surface area contributed by atoms with Crippen molar-refractivity contribution >= 4 is 44.1 Å². The number of fused-ring (bicyclic) bond motifs is 1. The second-order valence-electron chi connectivity index (χ2n) is 5.57. The highest BCUT2D eigenvalue weighted by atomic mass is 35.5. The van der Waals surface area contributed by atoms with Crippen molar-refractivity contribution in [3.05, 3.63) is 65.3 Å². The van der Waals surface area contributed by atoms with Crippen molar-refractivity contribution in [2.24, 2.45) is 0 Å². The molecular formula is C18H16ClN3O4S. The number of rotatable bonds is 5. The molecule has 0 spiro atoms. The van der Waals surface area contributed by atoms with Gasteiger partial charge in [0.2, 0.25) is 0 Å². The topological polar surface area (TPSA) is 88.6 Å². The average Bonchev–Trinajstić information content (AvgIpc) is 2.67. The number of pyridine rings is 1. The maximum Gasteiger partial charge on any atom is 0.266 e. The molecular weight excluding hydrogens is 390 g/mol. The highest BCUT2D eigenvalue weighted by Crippen LogP contribution is 2.27. The van der Waals surface area contributed by atoms with Crippen LogP contribution in [0.25, 0.3) is 10.9 Å². The first-order chi connectivity index (χ1) is 12.8. The summed E-state index contributed by atoms with van der Waals surface area (Å²) < 4.78 is 25.6. The highest BCUT2D eigenvalue weighted by Gasteiger charge is 2.25. The molecule has 0 saturated heterocycles. The molecule has 7 nitrogen and oxygen atoms in total. The van der Waals surface area contributed by atoms with E-state index in [0.29, 0.717) is 10.2 Å². The number of anilines is 1. The first-order valence-corrected chi connectivity index (χ1v) is 9.64. The van der Waals surface area contributed by atoms with E-state index in [9.17, 15) is 13.2 Å². The lowest BCUT2D eigenvalue weighted by atomic mass is 10.1. The Balaban J connectivity index is 1.97. The Morgan fingerprint density at radius 2 is 1.96 bits per heavy atom. The minimum absolute atomic E-state index is 0.00943. The van der Waals surface area contributed by atoms with E-state index in [-0.39, 0.29) is 15.5 Å². The third kappa shape index (κ3) is 3.79. The quantitative estimate of drug-likeness (QED) is 0.658. The Morgan fingerprint density at radius 1 is 1.19 bits per heavy atom. The van der Waals surface area contributed by atoms with Crippen LogP contribution >= 0.6 is 11.6 Å². The van der Waals surface area contributed by atoms with E-state index in [0.717, 1.165) is 10.9 Å². The minimum atomic E-state index is -3.99. The molecule has 27 heavy (non-hydrogen) atoms. The van der Waals surface area contributed by atoms with Gasteiger partial charge in [-0.05, 0) is 42.5 Å². The molecule has 0 bridgehead atoms. The Bertz CT molecular complexity index is 1110. The van der Waals surface area contributed by atoms with Crippen LogP contribution in [0.1, 0.15) is 10.4 Å². The number of sulfonamides is 1. The summed E-state index contributed by atoms with van der Waals surface area (Å²) in [5.74, 6) is -0.473. The van der Waals surface area contributed by atoms with Gasteiger partial charge in [-0.3, -0.25) is 14.6 Å². The number of nitrogens with one attached hydrogen (secondary N) is 1. The molecule has 2 aromatic carbocycles. The van der Waals surface area contributed by atoms with E-state index in [2.05, 4.69) is 10.3 Å². The molecule has 0 radical (unpaired) electrons. The van der Waals surface area contributed by atoms with Crippen LogP contribution in [0.3, 0.4) is 0 Å². The number of halogens is 1. The summed E-state index contributed by atoms with van der Waals surface area (Å²) in [6.07, 6.45) is 1.66. The van der Waals surface area contributed by atoms with Gasteiger partial charge in [0.1, 0.15) is 4.90 Å². The van der Waals surface area contributed by atoms with Gasteiger partial charge in [-0.2, -0.15) is 0 Å². The molecule has 1 N–H and O–H groups in total. The largest absolute Gasteiger partial charge is 0.321 e. The molecule has 140 valence electrons. The molecule has 3 rings (SSSR count). The molecule has 1 aromatic heterocycles. The summed E-state index contributed by atoms with van der Waals surface area (Å²) in [5, 5.41) is 3.54. The van der Waals surface area contributed by atoms with Gasteiger partial charge in [0.05, 0.1) is 23.3 Å². The molecule has 3 aromatic rings. The third-order valence-electron chi connectivity index (χ3n) is 3.96. The second-order valence-corrected chi connectivity index (χ2v) is 7.88. The summed E-state index contributed by atoms with van der Waals surface area (Å²) in [5.41, 5.74) is 1.44. The van der Waals surface area contributed by atoms with Gasteiger partial charge >= 0.3 is 0 Å². The van der Waals surface area contributed by atoms with E-state index < -0.39 is 15.9 Å². The maximum atomic E-state index is 12.7. The molecule has 0 fully saturated rings. The van der Waals surface area contributed by atoms with Crippen molar-refractivity contribution in [3.63, 3.8) is 0 Å². The van der Waals surface area contributed by atoms with Gasteiger partial charge < -0.3 is 5.32 Å². The van der Waals surface area contributed by atoms with Crippen LogP contribution in [0.4, 0.5) is 5.69 Å². The number of nitrogens with zero attached hydrogens (tertiary/aromatic N) is 2. The molecule has 1 heterocycles. The average molecular weight is 406 g/mol.